The molecule has 118 valence electrons. The van der Waals surface area contributed by atoms with Crippen molar-refractivity contribution in [1.29, 1.82) is 0 Å². The molecule has 0 aliphatic heterocycles. The first-order valence-corrected chi connectivity index (χ1v) is 7.93. The molecule has 0 atom stereocenters. The third-order valence-corrected chi connectivity index (χ3v) is 3.90. The molecule has 4 aromatic rings. The fraction of sp³-hybridized carbons (Fsp3) is 0. The Morgan fingerprint density at radius 1 is 0.958 bits per heavy atom. The van der Waals surface area contributed by atoms with E-state index in [0.29, 0.717) is 16.7 Å². The largest absolute Gasteiger partial charge is 0.332 e. The van der Waals surface area contributed by atoms with Crippen LogP contribution in [0.1, 0.15) is 0 Å². The van der Waals surface area contributed by atoms with Crippen LogP contribution in [0, 0.1) is 0 Å². The van der Waals surface area contributed by atoms with Crippen LogP contribution < -0.4 is 10.6 Å². The molecule has 0 aliphatic carbocycles. The van der Waals surface area contributed by atoms with E-state index in [-0.39, 0.29) is 5.15 Å². The maximum absolute atomic E-state index is 6.20. The van der Waals surface area contributed by atoms with E-state index in [1.165, 1.54) is 0 Å². The molecule has 4 rings (SSSR count). The molecule has 0 bridgehead atoms. The van der Waals surface area contributed by atoms with E-state index < -0.39 is 0 Å². The van der Waals surface area contributed by atoms with E-state index in [4.69, 9.17) is 23.8 Å². The van der Waals surface area contributed by atoms with Crippen LogP contribution in [0.5, 0.6) is 0 Å². The van der Waals surface area contributed by atoms with Gasteiger partial charge < -0.3 is 10.6 Å². The third kappa shape index (κ3) is 2.64. The molecule has 0 radical (unpaired) electrons. The van der Waals surface area contributed by atoms with Crippen molar-refractivity contribution in [3.8, 4) is 0 Å². The number of anilines is 2. The maximum Gasteiger partial charge on any atom is 0.235 e. The van der Waals surface area contributed by atoms with Gasteiger partial charge in [-0.2, -0.15) is 0 Å². The minimum Gasteiger partial charge on any atom is -0.332 e. The van der Waals surface area contributed by atoms with Crippen LogP contribution >= 0.6 is 23.8 Å². The van der Waals surface area contributed by atoms with Gasteiger partial charge in [0.15, 0.2) is 10.3 Å². The Hall–Kier alpha value is -2.77. The summed E-state index contributed by atoms with van der Waals surface area (Å²) in [6, 6.07) is 17.3. The topological polar surface area (TPSA) is 67.1 Å². The lowest BCUT2D eigenvalue weighted by molar-refractivity contribution is 1.12. The van der Waals surface area contributed by atoms with Crippen molar-refractivity contribution in [1.82, 2.24) is 19.6 Å². The number of nitrogens with zero attached hydrogens (tertiary/aromatic N) is 4. The Kier molecular flexibility index (Phi) is 3.72. The standard InChI is InChI=1S/C16H11ClN6S/c17-13-14-21-22-15(20-16(24)18-10-6-2-1-3-7-10)23(14)12-9-5-4-8-11(12)19-13/h1-9H,(H2,18,20,22,24). The zero-order valence-electron chi connectivity index (χ0n) is 12.3. The molecule has 2 aromatic heterocycles. The normalized spacial score (nSPS) is 10.9. The monoisotopic (exact) mass is 354 g/mol. The molecule has 0 amide bonds. The van der Waals surface area contributed by atoms with Crippen molar-refractivity contribution in [2.45, 2.75) is 0 Å². The number of hydrogen-bond acceptors (Lipinski definition) is 4. The van der Waals surface area contributed by atoms with Gasteiger partial charge in [0.25, 0.3) is 0 Å². The first-order chi connectivity index (χ1) is 11.7. The lowest BCUT2D eigenvalue weighted by Gasteiger charge is -2.10. The average molecular weight is 355 g/mol. The highest BCUT2D eigenvalue weighted by atomic mass is 35.5. The van der Waals surface area contributed by atoms with Crippen molar-refractivity contribution < 1.29 is 0 Å². The quantitative estimate of drug-likeness (QED) is 0.534. The summed E-state index contributed by atoms with van der Waals surface area (Å²) in [4.78, 5) is 4.33. The lowest BCUT2D eigenvalue weighted by atomic mass is 10.3. The van der Waals surface area contributed by atoms with Gasteiger partial charge in [-0.1, -0.05) is 41.9 Å². The summed E-state index contributed by atoms with van der Waals surface area (Å²) < 4.78 is 1.80. The Morgan fingerprint density at radius 2 is 1.71 bits per heavy atom. The fourth-order valence-corrected chi connectivity index (χ4v) is 2.84. The van der Waals surface area contributed by atoms with Gasteiger partial charge in [0.05, 0.1) is 11.0 Å². The highest BCUT2D eigenvalue weighted by molar-refractivity contribution is 7.80. The summed E-state index contributed by atoms with van der Waals surface area (Å²) >= 11 is 11.6. The number of para-hydroxylation sites is 3. The minimum absolute atomic E-state index is 0.288. The van der Waals surface area contributed by atoms with Crippen molar-refractivity contribution in [3.05, 3.63) is 59.8 Å². The zero-order chi connectivity index (χ0) is 16.5. The summed E-state index contributed by atoms with van der Waals surface area (Å²) in [6.45, 7) is 0. The van der Waals surface area contributed by atoms with E-state index in [1.807, 2.05) is 54.6 Å². The number of aromatic nitrogens is 4. The number of hydrogen-bond donors (Lipinski definition) is 2. The second-order valence-corrected chi connectivity index (χ2v) is 5.79. The molecular weight excluding hydrogens is 344 g/mol. The molecule has 0 aliphatic rings. The van der Waals surface area contributed by atoms with Gasteiger partial charge in [-0.3, -0.25) is 4.40 Å². The molecular formula is C16H11ClN6S. The zero-order valence-corrected chi connectivity index (χ0v) is 13.8. The highest BCUT2D eigenvalue weighted by Crippen LogP contribution is 2.23. The number of rotatable bonds is 2. The van der Waals surface area contributed by atoms with E-state index >= 15 is 0 Å². The van der Waals surface area contributed by atoms with Crippen molar-refractivity contribution in [3.63, 3.8) is 0 Å². The molecule has 0 unspecified atom stereocenters. The third-order valence-electron chi connectivity index (χ3n) is 3.45. The van der Waals surface area contributed by atoms with Crippen molar-refractivity contribution in [2.24, 2.45) is 0 Å². The molecule has 24 heavy (non-hydrogen) atoms. The predicted octanol–water partition coefficient (Wildman–Crippen LogP) is 3.74. The van der Waals surface area contributed by atoms with Crippen LogP contribution in [0.25, 0.3) is 16.7 Å². The first-order valence-electron chi connectivity index (χ1n) is 7.15. The van der Waals surface area contributed by atoms with Crippen LogP contribution in [0.2, 0.25) is 5.15 Å². The van der Waals surface area contributed by atoms with Crippen LogP contribution in [0.3, 0.4) is 0 Å². The SMILES string of the molecule is S=C(Nc1ccccc1)Nc1nnc2c(Cl)nc3ccccc3n12. The smallest absolute Gasteiger partial charge is 0.235 e. The molecule has 0 saturated heterocycles. The molecule has 0 saturated carbocycles. The second-order valence-electron chi connectivity index (χ2n) is 5.02. The van der Waals surface area contributed by atoms with Gasteiger partial charge in [0, 0.05) is 5.69 Å². The van der Waals surface area contributed by atoms with Gasteiger partial charge >= 0.3 is 0 Å². The van der Waals surface area contributed by atoms with Gasteiger partial charge in [0.1, 0.15) is 0 Å². The molecule has 2 N–H and O–H groups in total. The first kappa shape index (κ1) is 14.8. The molecule has 0 fully saturated rings. The van der Waals surface area contributed by atoms with Crippen molar-refractivity contribution in [2.75, 3.05) is 10.6 Å². The molecule has 2 aromatic carbocycles. The Balaban J connectivity index is 1.73. The maximum atomic E-state index is 6.20. The predicted molar refractivity (Wildman–Crippen MR) is 99.6 cm³/mol. The Morgan fingerprint density at radius 3 is 2.54 bits per heavy atom. The average Bonchev–Trinajstić information content (AvgIpc) is 3.00. The number of benzene rings is 2. The Labute approximate surface area is 147 Å². The van der Waals surface area contributed by atoms with E-state index in [9.17, 15) is 0 Å². The molecule has 0 spiro atoms. The lowest BCUT2D eigenvalue weighted by Crippen LogP contribution is -2.20. The molecule has 2 heterocycles. The summed E-state index contributed by atoms with van der Waals surface area (Å²) in [5.74, 6) is 0.471. The van der Waals surface area contributed by atoms with Gasteiger partial charge in [0.2, 0.25) is 11.6 Å². The molecule has 6 nitrogen and oxygen atoms in total. The number of halogens is 1. The van der Waals surface area contributed by atoms with Crippen LogP contribution in [-0.4, -0.2) is 24.7 Å². The van der Waals surface area contributed by atoms with Crippen LogP contribution in [-0.2, 0) is 0 Å². The highest BCUT2D eigenvalue weighted by Gasteiger charge is 2.14. The summed E-state index contributed by atoms with van der Waals surface area (Å²) in [5, 5.41) is 15.1. The fourth-order valence-electron chi connectivity index (χ4n) is 2.42. The number of nitrogens with one attached hydrogen (secondary N) is 2. The van der Waals surface area contributed by atoms with E-state index in [0.717, 1.165) is 16.7 Å². The van der Waals surface area contributed by atoms with Crippen molar-refractivity contribution >= 4 is 57.2 Å². The van der Waals surface area contributed by atoms with Gasteiger partial charge in [-0.15, -0.1) is 10.2 Å². The summed E-state index contributed by atoms with van der Waals surface area (Å²) in [5.41, 5.74) is 2.94. The minimum atomic E-state index is 0.288. The number of fused-ring (bicyclic) bond motifs is 3. The van der Waals surface area contributed by atoms with Gasteiger partial charge in [-0.05, 0) is 36.5 Å². The summed E-state index contributed by atoms with van der Waals surface area (Å²) in [6.07, 6.45) is 0. The van der Waals surface area contributed by atoms with Crippen LogP contribution in [0.15, 0.2) is 54.6 Å². The molecule has 8 heteroatoms. The number of thiocarbonyl (C=S) groups is 1. The van der Waals surface area contributed by atoms with E-state index in [2.05, 4.69) is 25.8 Å². The summed E-state index contributed by atoms with van der Waals surface area (Å²) in [7, 11) is 0. The van der Waals surface area contributed by atoms with Gasteiger partial charge in [-0.25, -0.2) is 4.98 Å². The Bertz CT molecular complexity index is 1050. The second kappa shape index (κ2) is 6.03. The van der Waals surface area contributed by atoms with Crippen LogP contribution in [0.4, 0.5) is 11.6 Å². The van der Waals surface area contributed by atoms with E-state index in [1.54, 1.807) is 4.40 Å².